The lowest BCUT2D eigenvalue weighted by molar-refractivity contribution is -0.896. The van der Waals surface area contributed by atoms with Gasteiger partial charge in [-0.2, -0.15) is 0 Å². The van der Waals surface area contributed by atoms with E-state index in [4.69, 9.17) is 4.74 Å². The van der Waals surface area contributed by atoms with Gasteiger partial charge in [0.05, 0.1) is 26.2 Å². The molecule has 0 saturated heterocycles. The van der Waals surface area contributed by atoms with Crippen LogP contribution in [0.25, 0.3) is 0 Å². The summed E-state index contributed by atoms with van der Waals surface area (Å²) in [5.74, 6) is 1.02. The lowest BCUT2D eigenvalue weighted by atomic mass is 10.1. The molecule has 102 valence electrons. The predicted molar refractivity (Wildman–Crippen MR) is 77.6 cm³/mol. The molecule has 0 amide bonds. The summed E-state index contributed by atoms with van der Waals surface area (Å²) in [6.07, 6.45) is 2.40. The number of nitrogens with one attached hydrogen (secondary N) is 1. The molecule has 0 aliphatic carbocycles. The van der Waals surface area contributed by atoms with Crippen molar-refractivity contribution >= 4 is 0 Å². The Bertz CT molecular complexity index is 325. The van der Waals surface area contributed by atoms with Crippen molar-refractivity contribution in [3.8, 4) is 5.75 Å². The Morgan fingerprint density at radius 3 is 2.11 bits per heavy atom. The minimum atomic E-state index is 0.837. The molecule has 0 radical (unpaired) electrons. The number of rotatable bonds is 8. The average Bonchev–Trinajstić information content (AvgIpc) is 2.32. The molecule has 0 bridgehead atoms. The van der Waals surface area contributed by atoms with Crippen LogP contribution in [0.1, 0.15) is 37.8 Å². The number of ether oxygens (including phenoxy) is 1. The zero-order valence-electron chi connectivity index (χ0n) is 12.4. The number of quaternary nitrogens is 1. The average molecular weight is 250 g/mol. The Hall–Kier alpha value is -1.02. The van der Waals surface area contributed by atoms with Gasteiger partial charge in [-0.1, -0.05) is 6.07 Å². The smallest absolute Gasteiger partial charge is 0.119 e. The Morgan fingerprint density at radius 2 is 1.56 bits per heavy atom. The monoisotopic (exact) mass is 250 g/mol. The molecule has 0 heterocycles. The Labute approximate surface area is 112 Å². The van der Waals surface area contributed by atoms with E-state index in [9.17, 15) is 0 Å². The summed E-state index contributed by atoms with van der Waals surface area (Å²) in [7, 11) is 0. The SMILES string of the molecule is CC[NH+](CC)CCCCOc1cc(C)cc(C)c1. The van der Waals surface area contributed by atoms with Crippen molar-refractivity contribution in [3.63, 3.8) is 0 Å². The van der Waals surface area contributed by atoms with Crippen LogP contribution >= 0.6 is 0 Å². The molecule has 18 heavy (non-hydrogen) atoms. The summed E-state index contributed by atoms with van der Waals surface area (Å²) in [5.41, 5.74) is 2.55. The fraction of sp³-hybridized carbons (Fsp3) is 0.625. The third-order valence-electron chi connectivity index (χ3n) is 3.39. The van der Waals surface area contributed by atoms with Gasteiger partial charge in [-0.15, -0.1) is 0 Å². The normalized spacial score (nSPS) is 10.9. The lowest BCUT2D eigenvalue weighted by Crippen LogP contribution is -3.11. The molecule has 0 atom stereocenters. The van der Waals surface area contributed by atoms with Gasteiger partial charge in [0.15, 0.2) is 0 Å². The molecule has 1 aromatic carbocycles. The van der Waals surface area contributed by atoms with Gasteiger partial charge in [-0.3, -0.25) is 0 Å². The zero-order chi connectivity index (χ0) is 13.4. The van der Waals surface area contributed by atoms with Crippen LogP contribution in [-0.4, -0.2) is 26.2 Å². The van der Waals surface area contributed by atoms with Gasteiger partial charge in [-0.05, 0) is 63.8 Å². The highest BCUT2D eigenvalue weighted by molar-refractivity contribution is 5.32. The number of unbranched alkanes of at least 4 members (excludes halogenated alkanes) is 1. The number of hydrogen-bond acceptors (Lipinski definition) is 1. The minimum Gasteiger partial charge on any atom is -0.494 e. The summed E-state index contributed by atoms with van der Waals surface area (Å²) in [6.45, 7) is 13.3. The van der Waals surface area contributed by atoms with E-state index in [2.05, 4.69) is 45.9 Å². The van der Waals surface area contributed by atoms with Gasteiger partial charge >= 0.3 is 0 Å². The van der Waals surface area contributed by atoms with Gasteiger partial charge in [0.2, 0.25) is 0 Å². The van der Waals surface area contributed by atoms with Gasteiger partial charge in [0.25, 0.3) is 0 Å². The first-order valence-corrected chi connectivity index (χ1v) is 7.20. The second-order valence-electron chi connectivity index (χ2n) is 5.09. The van der Waals surface area contributed by atoms with Gasteiger partial charge in [0.1, 0.15) is 5.75 Å². The predicted octanol–water partition coefficient (Wildman–Crippen LogP) is 2.39. The maximum atomic E-state index is 5.81. The van der Waals surface area contributed by atoms with Gasteiger partial charge in [-0.25, -0.2) is 0 Å². The molecule has 0 aromatic heterocycles. The number of aryl methyl sites for hydroxylation is 2. The van der Waals surface area contributed by atoms with Crippen molar-refractivity contribution in [2.75, 3.05) is 26.2 Å². The zero-order valence-corrected chi connectivity index (χ0v) is 12.4. The van der Waals surface area contributed by atoms with E-state index in [1.165, 1.54) is 37.2 Å². The molecule has 2 nitrogen and oxygen atoms in total. The van der Waals surface area contributed by atoms with Crippen molar-refractivity contribution in [1.82, 2.24) is 0 Å². The highest BCUT2D eigenvalue weighted by Gasteiger charge is 2.02. The van der Waals surface area contributed by atoms with Crippen LogP contribution in [0, 0.1) is 13.8 Å². The van der Waals surface area contributed by atoms with Crippen LogP contribution in [0.4, 0.5) is 0 Å². The first kappa shape index (κ1) is 15.0. The number of hydrogen-bond donors (Lipinski definition) is 1. The summed E-state index contributed by atoms with van der Waals surface area (Å²) in [5, 5.41) is 0. The summed E-state index contributed by atoms with van der Waals surface area (Å²) in [4.78, 5) is 1.68. The third kappa shape index (κ3) is 5.54. The van der Waals surface area contributed by atoms with Crippen molar-refractivity contribution in [3.05, 3.63) is 29.3 Å². The molecule has 0 unspecified atom stereocenters. The molecular weight excluding hydrogens is 222 g/mol. The van der Waals surface area contributed by atoms with Crippen LogP contribution < -0.4 is 9.64 Å². The van der Waals surface area contributed by atoms with Crippen molar-refractivity contribution in [1.29, 1.82) is 0 Å². The first-order chi connectivity index (χ1) is 8.65. The summed E-state index contributed by atoms with van der Waals surface area (Å²) >= 11 is 0. The molecule has 1 aromatic rings. The molecular formula is C16H28NO+. The maximum absolute atomic E-state index is 5.81. The fourth-order valence-electron chi connectivity index (χ4n) is 2.29. The third-order valence-corrected chi connectivity index (χ3v) is 3.39. The van der Waals surface area contributed by atoms with Crippen LogP contribution in [0.5, 0.6) is 5.75 Å². The summed E-state index contributed by atoms with van der Waals surface area (Å²) in [6, 6.07) is 6.40. The molecule has 0 aliphatic rings. The van der Waals surface area contributed by atoms with Crippen LogP contribution in [0.15, 0.2) is 18.2 Å². The number of benzene rings is 1. The van der Waals surface area contributed by atoms with E-state index in [0.717, 1.165) is 18.8 Å². The highest BCUT2D eigenvalue weighted by atomic mass is 16.5. The highest BCUT2D eigenvalue weighted by Crippen LogP contribution is 2.16. The van der Waals surface area contributed by atoms with E-state index >= 15 is 0 Å². The minimum absolute atomic E-state index is 0.837. The van der Waals surface area contributed by atoms with E-state index < -0.39 is 0 Å². The van der Waals surface area contributed by atoms with Crippen LogP contribution in [-0.2, 0) is 0 Å². The quantitative estimate of drug-likeness (QED) is 0.699. The Balaban J connectivity index is 2.21. The van der Waals surface area contributed by atoms with Crippen LogP contribution in [0.2, 0.25) is 0 Å². The topological polar surface area (TPSA) is 13.7 Å². The van der Waals surface area contributed by atoms with Crippen LogP contribution in [0.3, 0.4) is 0 Å². The Morgan fingerprint density at radius 1 is 0.944 bits per heavy atom. The maximum Gasteiger partial charge on any atom is 0.119 e. The van der Waals surface area contributed by atoms with Gasteiger partial charge in [0, 0.05) is 0 Å². The van der Waals surface area contributed by atoms with Crippen molar-refractivity contribution in [2.24, 2.45) is 0 Å². The summed E-state index contributed by atoms with van der Waals surface area (Å²) < 4.78 is 5.81. The van der Waals surface area contributed by atoms with E-state index in [0.29, 0.717) is 0 Å². The van der Waals surface area contributed by atoms with E-state index in [1.54, 1.807) is 4.90 Å². The molecule has 0 spiro atoms. The molecule has 0 aliphatic heterocycles. The van der Waals surface area contributed by atoms with Crippen molar-refractivity contribution in [2.45, 2.75) is 40.5 Å². The molecule has 1 N–H and O–H groups in total. The van der Waals surface area contributed by atoms with E-state index in [1.807, 2.05) is 0 Å². The lowest BCUT2D eigenvalue weighted by Gasteiger charge is -2.15. The molecule has 0 saturated carbocycles. The first-order valence-electron chi connectivity index (χ1n) is 7.20. The standard InChI is InChI=1S/C16H27NO/c1-5-17(6-2)9-7-8-10-18-16-12-14(3)11-15(4)13-16/h11-13H,5-10H2,1-4H3/p+1. The molecule has 1 rings (SSSR count). The second-order valence-corrected chi connectivity index (χ2v) is 5.09. The van der Waals surface area contributed by atoms with E-state index in [-0.39, 0.29) is 0 Å². The molecule has 0 fully saturated rings. The van der Waals surface area contributed by atoms with Gasteiger partial charge < -0.3 is 9.64 Å². The Kier molecular flexibility index (Phi) is 6.81. The fourth-order valence-corrected chi connectivity index (χ4v) is 2.29. The van der Waals surface area contributed by atoms with Crippen molar-refractivity contribution < 1.29 is 9.64 Å². The largest absolute Gasteiger partial charge is 0.494 e. The molecule has 2 heteroatoms. The second kappa shape index (κ2) is 8.15.